The summed E-state index contributed by atoms with van der Waals surface area (Å²) in [6, 6.07) is 8.93. The molecule has 0 amide bonds. The number of hydrogen-bond donors (Lipinski definition) is 1. The van der Waals surface area contributed by atoms with Crippen LogP contribution in [0.15, 0.2) is 40.3 Å². The number of nitrogens with zero attached hydrogens (tertiary/aromatic N) is 2. The van der Waals surface area contributed by atoms with Gasteiger partial charge in [0.25, 0.3) is 10.0 Å². The minimum Gasteiger partial charge on any atom is -0.481 e. The normalized spacial score (nSPS) is 21.4. The van der Waals surface area contributed by atoms with Crippen LogP contribution in [0.2, 0.25) is 0 Å². The maximum atomic E-state index is 12.4. The Morgan fingerprint density at radius 3 is 2.39 bits per heavy atom. The zero-order chi connectivity index (χ0) is 16.6. The molecule has 0 bridgehead atoms. The van der Waals surface area contributed by atoms with Gasteiger partial charge < -0.3 is 10.0 Å². The SMILES string of the molecule is CC1=C(c2ccccc2)S(=O)(=O)N=C1N1CCC(C(=O)O)CC1. The van der Waals surface area contributed by atoms with Crippen LogP contribution in [0.5, 0.6) is 0 Å². The molecule has 6 nitrogen and oxygen atoms in total. The van der Waals surface area contributed by atoms with Crippen LogP contribution < -0.4 is 0 Å². The highest BCUT2D eigenvalue weighted by Crippen LogP contribution is 2.34. The average molecular weight is 334 g/mol. The summed E-state index contributed by atoms with van der Waals surface area (Å²) in [6.07, 6.45) is 1.00. The van der Waals surface area contributed by atoms with Crippen LogP contribution in [0, 0.1) is 5.92 Å². The number of hydrogen-bond acceptors (Lipinski definition) is 4. The highest BCUT2D eigenvalue weighted by atomic mass is 32.2. The Kier molecular flexibility index (Phi) is 3.97. The zero-order valence-corrected chi connectivity index (χ0v) is 13.6. The highest BCUT2D eigenvalue weighted by molar-refractivity contribution is 8.00. The number of likely N-dealkylation sites (tertiary alicyclic amines) is 1. The second-order valence-corrected chi connectivity index (χ2v) is 7.35. The number of piperidine rings is 1. The van der Waals surface area contributed by atoms with Gasteiger partial charge in [-0.2, -0.15) is 8.42 Å². The van der Waals surface area contributed by atoms with Gasteiger partial charge in [0.05, 0.1) is 5.92 Å². The van der Waals surface area contributed by atoms with Crippen LogP contribution in [0.4, 0.5) is 0 Å². The summed E-state index contributed by atoms with van der Waals surface area (Å²) in [5.41, 5.74) is 1.26. The number of amidine groups is 1. The molecule has 3 rings (SSSR count). The molecule has 2 aliphatic heterocycles. The number of sulfonamides is 1. The van der Waals surface area contributed by atoms with Crippen molar-refractivity contribution in [1.82, 2.24) is 4.90 Å². The Hall–Kier alpha value is -2.15. The summed E-state index contributed by atoms with van der Waals surface area (Å²) in [4.78, 5) is 13.2. The summed E-state index contributed by atoms with van der Waals surface area (Å²) in [5, 5.41) is 9.06. The lowest BCUT2D eigenvalue weighted by atomic mass is 9.96. The molecule has 23 heavy (non-hydrogen) atoms. The van der Waals surface area contributed by atoms with Crippen LogP contribution in [0.3, 0.4) is 0 Å². The smallest absolute Gasteiger partial charge is 0.306 e. The molecule has 122 valence electrons. The van der Waals surface area contributed by atoms with Crippen molar-refractivity contribution in [3.8, 4) is 0 Å². The molecule has 1 aromatic rings. The molecular weight excluding hydrogens is 316 g/mol. The first-order valence-electron chi connectivity index (χ1n) is 7.49. The molecule has 1 aromatic carbocycles. The van der Waals surface area contributed by atoms with E-state index in [1.165, 1.54) is 0 Å². The second kappa shape index (κ2) is 5.81. The van der Waals surface area contributed by atoms with E-state index >= 15 is 0 Å². The largest absolute Gasteiger partial charge is 0.481 e. The molecule has 7 heteroatoms. The number of rotatable bonds is 2. The van der Waals surface area contributed by atoms with E-state index in [-0.39, 0.29) is 10.8 Å². The number of benzene rings is 1. The fourth-order valence-electron chi connectivity index (χ4n) is 3.11. The van der Waals surface area contributed by atoms with Crippen LogP contribution in [0.25, 0.3) is 4.91 Å². The van der Waals surface area contributed by atoms with Crippen molar-refractivity contribution in [1.29, 1.82) is 0 Å². The standard InChI is InChI=1S/C16H18N2O4S/c1-11-14(12-5-3-2-4-6-12)23(21,22)17-15(11)18-9-7-13(8-10-18)16(19)20/h2-6,13H,7-10H2,1H3,(H,19,20). The van der Waals surface area contributed by atoms with E-state index in [9.17, 15) is 13.2 Å². The lowest BCUT2D eigenvalue weighted by Crippen LogP contribution is -2.40. The summed E-state index contributed by atoms with van der Waals surface area (Å²) in [7, 11) is -3.71. The molecule has 1 fully saturated rings. The third-order valence-electron chi connectivity index (χ3n) is 4.32. The molecule has 0 spiro atoms. The van der Waals surface area contributed by atoms with Crippen molar-refractivity contribution >= 4 is 26.7 Å². The molecule has 0 unspecified atom stereocenters. The van der Waals surface area contributed by atoms with Crippen molar-refractivity contribution in [2.75, 3.05) is 13.1 Å². The van der Waals surface area contributed by atoms with E-state index in [4.69, 9.17) is 5.11 Å². The average Bonchev–Trinajstić information content (AvgIpc) is 2.77. The Balaban J connectivity index is 1.90. The minimum absolute atomic E-state index is 0.244. The van der Waals surface area contributed by atoms with Crippen LogP contribution >= 0.6 is 0 Å². The quantitative estimate of drug-likeness (QED) is 0.893. The molecule has 0 atom stereocenters. The Morgan fingerprint density at radius 1 is 1.22 bits per heavy atom. The van der Waals surface area contributed by atoms with Gasteiger partial charge in [0.15, 0.2) is 0 Å². The number of carbonyl (C=O) groups is 1. The van der Waals surface area contributed by atoms with E-state index in [0.717, 1.165) is 0 Å². The predicted molar refractivity (Wildman–Crippen MR) is 87.3 cm³/mol. The molecule has 0 aliphatic carbocycles. The Bertz CT molecular complexity index is 789. The maximum absolute atomic E-state index is 12.4. The third-order valence-corrected chi connectivity index (χ3v) is 5.79. The molecule has 0 radical (unpaired) electrons. The molecular formula is C16H18N2O4S. The van der Waals surface area contributed by atoms with Gasteiger partial charge >= 0.3 is 5.97 Å². The van der Waals surface area contributed by atoms with E-state index in [1.54, 1.807) is 31.2 Å². The number of carboxylic acid groups (broad SMARTS) is 1. The van der Waals surface area contributed by atoms with Crippen molar-refractivity contribution in [2.24, 2.45) is 10.3 Å². The highest BCUT2D eigenvalue weighted by Gasteiger charge is 2.35. The molecule has 0 saturated carbocycles. The maximum Gasteiger partial charge on any atom is 0.306 e. The molecule has 2 heterocycles. The van der Waals surface area contributed by atoms with E-state index in [2.05, 4.69) is 4.40 Å². The number of carboxylic acids is 1. The number of aliphatic carboxylic acids is 1. The third kappa shape index (κ3) is 2.88. The van der Waals surface area contributed by atoms with Gasteiger partial charge in [-0.3, -0.25) is 4.79 Å². The predicted octanol–water partition coefficient (Wildman–Crippen LogP) is 1.96. The fourth-order valence-corrected chi connectivity index (χ4v) is 4.59. The molecule has 1 saturated heterocycles. The van der Waals surface area contributed by atoms with E-state index < -0.39 is 16.0 Å². The lowest BCUT2D eigenvalue weighted by molar-refractivity contribution is -0.143. The monoisotopic (exact) mass is 334 g/mol. The minimum atomic E-state index is -3.71. The van der Waals surface area contributed by atoms with Gasteiger partial charge in [-0.25, -0.2) is 0 Å². The zero-order valence-electron chi connectivity index (χ0n) is 12.8. The van der Waals surface area contributed by atoms with E-state index in [1.807, 2.05) is 11.0 Å². The van der Waals surface area contributed by atoms with Gasteiger partial charge in [0, 0.05) is 18.7 Å². The fraction of sp³-hybridized carbons (Fsp3) is 0.375. The van der Waals surface area contributed by atoms with Crippen molar-refractivity contribution in [3.63, 3.8) is 0 Å². The molecule has 1 N–H and O–H groups in total. The topological polar surface area (TPSA) is 87.0 Å². The first-order valence-corrected chi connectivity index (χ1v) is 8.93. The van der Waals surface area contributed by atoms with Crippen LogP contribution in [-0.4, -0.2) is 43.3 Å². The first-order chi connectivity index (χ1) is 10.9. The van der Waals surface area contributed by atoms with Crippen molar-refractivity contribution in [2.45, 2.75) is 19.8 Å². The first kappa shape index (κ1) is 15.7. The summed E-state index contributed by atoms with van der Waals surface area (Å²) < 4.78 is 28.8. The Morgan fingerprint density at radius 2 is 1.83 bits per heavy atom. The second-order valence-electron chi connectivity index (χ2n) is 5.81. The van der Waals surface area contributed by atoms with Gasteiger partial charge in [-0.15, -0.1) is 4.40 Å². The van der Waals surface area contributed by atoms with Crippen molar-refractivity contribution < 1.29 is 18.3 Å². The van der Waals surface area contributed by atoms with Gasteiger partial charge in [0.1, 0.15) is 10.7 Å². The van der Waals surface area contributed by atoms with Gasteiger partial charge in [0.2, 0.25) is 0 Å². The van der Waals surface area contributed by atoms with Crippen LogP contribution in [-0.2, 0) is 14.8 Å². The lowest BCUT2D eigenvalue weighted by Gasteiger charge is -2.31. The summed E-state index contributed by atoms with van der Waals surface area (Å²) in [5.74, 6) is -0.696. The Labute approximate surface area is 135 Å². The summed E-state index contributed by atoms with van der Waals surface area (Å²) in [6.45, 7) is 2.77. The van der Waals surface area contributed by atoms with Gasteiger partial charge in [-0.05, 0) is 25.3 Å². The summed E-state index contributed by atoms with van der Waals surface area (Å²) >= 11 is 0. The van der Waals surface area contributed by atoms with Crippen molar-refractivity contribution in [3.05, 3.63) is 41.5 Å². The van der Waals surface area contributed by atoms with Gasteiger partial charge in [-0.1, -0.05) is 30.3 Å². The van der Waals surface area contributed by atoms with E-state index in [0.29, 0.717) is 42.9 Å². The van der Waals surface area contributed by atoms with Crippen LogP contribution in [0.1, 0.15) is 25.3 Å². The molecule has 0 aromatic heterocycles. The molecule has 2 aliphatic rings.